The normalized spacial score (nSPS) is 11.2. The number of carbonyl (C=O) groups is 3. The second-order valence-electron chi connectivity index (χ2n) is 6.72. The average molecular weight is 503 g/mol. The molecule has 0 saturated carbocycles. The highest BCUT2D eigenvalue weighted by atomic mass is 32.1. The summed E-state index contributed by atoms with van der Waals surface area (Å²) >= 11 is 0.788. The lowest BCUT2D eigenvalue weighted by Gasteiger charge is -2.05. The number of furan rings is 1. The van der Waals surface area contributed by atoms with E-state index < -0.39 is 48.6 Å². The van der Waals surface area contributed by atoms with E-state index in [1.165, 1.54) is 19.1 Å². The molecule has 1 amide bonds. The molecule has 0 spiro atoms. The number of nitrogens with zero attached hydrogens (tertiary/aromatic N) is 2. The summed E-state index contributed by atoms with van der Waals surface area (Å²) in [6.45, 7) is 1.05. The lowest BCUT2D eigenvalue weighted by Crippen LogP contribution is -2.13. The molecule has 9 nitrogen and oxygen atoms in total. The maximum absolute atomic E-state index is 13.2. The molecule has 3 aromatic heterocycles. The predicted octanol–water partition coefficient (Wildman–Crippen LogP) is 4.60. The van der Waals surface area contributed by atoms with Crippen molar-refractivity contribution in [2.24, 2.45) is 0 Å². The van der Waals surface area contributed by atoms with Gasteiger partial charge < -0.3 is 19.2 Å². The zero-order chi connectivity index (χ0) is 25.2. The maximum Gasteiger partial charge on any atom is 0.348 e. The number of anilines is 1. The van der Waals surface area contributed by atoms with Crippen molar-refractivity contribution in [3.63, 3.8) is 0 Å². The highest BCUT2D eigenvalue weighted by Crippen LogP contribution is 2.34. The molecule has 0 fully saturated rings. The van der Waals surface area contributed by atoms with Crippen molar-refractivity contribution in [2.45, 2.75) is 26.3 Å². The number of nitrogens with one attached hydrogen (secondary N) is 1. The Bertz CT molecular complexity index is 1230. The van der Waals surface area contributed by atoms with Gasteiger partial charge in [0.15, 0.2) is 5.76 Å². The third-order valence-corrected chi connectivity index (χ3v) is 5.79. The SMILES string of the molecule is COC(=O)c1sc(NC(=O)c2ccc(Cn3nc(C(F)F)cc3C(F)F)o2)c(C(=O)OC)c1C. The summed E-state index contributed by atoms with van der Waals surface area (Å²) in [5.74, 6) is -2.62. The summed E-state index contributed by atoms with van der Waals surface area (Å²) in [5, 5.41) is 5.90. The van der Waals surface area contributed by atoms with E-state index in [-0.39, 0.29) is 32.5 Å². The van der Waals surface area contributed by atoms with Gasteiger partial charge in [-0.05, 0) is 30.7 Å². The number of alkyl halides is 4. The fraction of sp³-hybridized carbons (Fsp3) is 0.300. The monoisotopic (exact) mass is 503 g/mol. The van der Waals surface area contributed by atoms with Crippen LogP contribution in [0.3, 0.4) is 0 Å². The largest absolute Gasteiger partial charge is 0.465 e. The summed E-state index contributed by atoms with van der Waals surface area (Å²) < 4.78 is 67.4. The second kappa shape index (κ2) is 10.1. The molecule has 0 saturated heterocycles. The number of ether oxygens (including phenoxy) is 2. The molecule has 3 aromatic rings. The zero-order valence-electron chi connectivity index (χ0n) is 17.9. The number of rotatable bonds is 8. The van der Waals surface area contributed by atoms with Gasteiger partial charge in [-0.2, -0.15) is 5.10 Å². The topological polar surface area (TPSA) is 113 Å². The van der Waals surface area contributed by atoms with Gasteiger partial charge >= 0.3 is 11.9 Å². The summed E-state index contributed by atoms with van der Waals surface area (Å²) in [6.07, 6.45) is -6.09. The second-order valence-corrected chi connectivity index (χ2v) is 7.74. The summed E-state index contributed by atoms with van der Waals surface area (Å²) in [7, 11) is 2.29. The molecule has 0 bridgehead atoms. The Hall–Kier alpha value is -3.68. The van der Waals surface area contributed by atoms with Gasteiger partial charge in [0.1, 0.15) is 27.0 Å². The molecule has 0 unspecified atom stereocenters. The van der Waals surface area contributed by atoms with Crippen LogP contribution in [0.5, 0.6) is 0 Å². The Balaban J connectivity index is 1.85. The first-order valence-corrected chi connectivity index (χ1v) is 10.2. The van der Waals surface area contributed by atoms with Crippen LogP contribution in [0.25, 0.3) is 0 Å². The first kappa shape index (κ1) is 25.0. The third-order valence-electron chi connectivity index (χ3n) is 4.60. The number of thiophene rings is 1. The quantitative estimate of drug-likeness (QED) is 0.353. The third kappa shape index (κ3) is 4.95. The Morgan fingerprint density at radius 1 is 1.12 bits per heavy atom. The van der Waals surface area contributed by atoms with Crippen molar-refractivity contribution in [3.8, 4) is 0 Å². The molecule has 0 aliphatic carbocycles. The fourth-order valence-corrected chi connectivity index (χ4v) is 4.10. The molecule has 182 valence electrons. The van der Waals surface area contributed by atoms with Gasteiger partial charge in [-0.1, -0.05) is 0 Å². The standard InChI is InChI=1S/C20H17F4N3O6S/c1-8-13(19(29)31-2)18(34-14(8)20(30)32-3)25-17(28)12-5-4-9(33-12)7-27-11(16(23)24)6-10(26-27)15(21)22/h4-6,15-16H,7H2,1-3H3,(H,25,28). The number of hydrogen-bond acceptors (Lipinski definition) is 8. The first-order valence-electron chi connectivity index (χ1n) is 9.41. The molecular formula is C20H17F4N3O6S. The van der Waals surface area contributed by atoms with E-state index in [2.05, 4.69) is 15.2 Å². The molecule has 34 heavy (non-hydrogen) atoms. The van der Waals surface area contributed by atoms with Gasteiger partial charge in [-0.3, -0.25) is 9.48 Å². The lowest BCUT2D eigenvalue weighted by molar-refractivity contribution is 0.0601. The minimum atomic E-state index is -3.06. The van der Waals surface area contributed by atoms with Crippen LogP contribution < -0.4 is 5.32 Å². The Labute approximate surface area is 193 Å². The average Bonchev–Trinajstić information content (AvgIpc) is 3.51. The van der Waals surface area contributed by atoms with Gasteiger partial charge in [0, 0.05) is 0 Å². The summed E-state index contributed by atoms with van der Waals surface area (Å²) in [4.78, 5) is 36.9. The molecule has 0 aliphatic rings. The van der Waals surface area contributed by atoms with Crippen LogP contribution in [0.1, 0.15) is 66.1 Å². The summed E-state index contributed by atoms with van der Waals surface area (Å²) in [6, 6.07) is 3.11. The van der Waals surface area contributed by atoms with E-state index >= 15 is 0 Å². The number of esters is 2. The molecule has 14 heteroatoms. The van der Waals surface area contributed by atoms with Gasteiger partial charge in [-0.25, -0.2) is 27.2 Å². The molecule has 0 radical (unpaired) electrons. The number of methoxy groups -OCH3 is 2. The Kier molecular flexibility index (Phi) is 7.39. The molecule has 3 rings (SSSR count). The fourth-order valence-electron chi connectivity index (χ4n) is 2.99. The zero-order valence-corrected chi connectivity index (χ0v) is 18.7. The smallest absolute Gasteiger partial charge is 0.348 e. The summed E-state index contributed by atoms with van der Waals surface area (Å²) in [5.41, 5.74) is -1.35. The number of amides is 1. The van der Waals surface area contributed by atoms with Crippen LogP contribution >= 0.6 is 11.3 Å². The van der Waals surface area contributed by atoms with Crippen molar-refractivity contribution in [3.05, 3.63) is 57.1 Å². The lowest BCUT2D eigenvalue weighted by atomic mass is 10.1. The first-order chi connectivity index (χ1) is 16.1. The minimum Gasteiger partial charge on any atom is -0.465 e. The van der Waals surface area contributed by atoms with Gasteiger partial charge in [-0.15, -0.1) is 11.3 Å². The number of hydrogen-bond donors (Lipinski definition) is 1. The van der Waals surface area contributed by atoms with Gasteiger partial charge in [0.25, 0.3) is 18.8 Å². The van der Waals surface area contributed by atoms with Gasteiger partial charge in [0.2, 0.25) is 0 Å². The van der Waals surface area contributed by atoms with E-state index in [0.717, 1.165) is 25.6 Å². The van der Waals surface area contributed by atoms with E-state index in [9.17, 15) is 31.9 Å². The van der Waals surface area contributed by atoms with Crippen molar-refractivity contribution < 1.29 is 45.8 Å². The van der Waals surface area contributed by atoms with Crippen LogP contribution in [0, 0.1) is 6.92 Å². The number of halogens is 4. The van der Waals surface area contributed by atoms with E-state index in [1.807, 2.05) is 0 Å². The van der Waals surface area contributed by atoms with Crippen molar-refractivity contribution in [2.75, 3.05) is 19.5 Å². The number of carbonyl (C=O) groups excluding carboxylic acids is 3. The molecule has 0 aliphatic heterocycles. The molecule has 3 heterocycles. The van der Waals surface area contributed by atoms with Crippen LogP contribution in [0.4, 0.5) is 22.6 Å². The minimum absolute atomic E-state index is 0.00124. The van der Waals surface area contributed by atoms with Crippen LogP contribution in [-0.4, -0.2) is 41.8 Å². The van der Waals surface area contributed by atoms with E-state index in [4.69, 9.17) is 9.15 Å². The Morgan fingerprint density at radius 3 is 2.38 bits per heavy atom. The van der Waals surface area contributed by atoms with E-state index in [0.29, 0.717) is 10.7 Å². The van der Waals surface area contributed by atoms with Crippen LogP contribution in [0.2, 0.25) is 0 Å². The molecular weight excluding hydrogens is 486 g/mol. The molecule has 0 atom stereocenters. The van der Waals surface area contributed by atoms with Gasteiger partial charge in [0.05, 0.1) is 26.3 Å². The highest BCUT2D eigenvalue weighted by Gasteiger charge is 2.28. The van der Waals surface area contributed by atoms with Crippen molar-refractivity contribution >= 4 is 34.2 Å². The van der Waals surface area contributed by atoms with Crippen LogP contribution in [-0.2, 0) is 16.0 Å². The number of aromatic nitrogens is 2. The maximum atomic E-state index is 13.2. The van der Waals surface area contributed by atoms with E-state index in [1.54, 1.807) is 0 Å². The Morgan fingerprint density at radius 2 is 1.79 bits per heavy atom. The van der Waals surface area contributed by atoms with Crippen LogP contribution in [0.15, 0.2) is 22.6 Å². The predicted molar refractivity (Wildman–Crippen MR) is 110 cm³/mol. The highest BCUT2D eigenvalue weighted by molar-refractivity contribution is 7.18. The van der Waals surface area contributed by atoms with Crippen molar-refractivity contribution in [1.82, 2.24) is 9.78 Å². The molecule has 0 aromatic carbocycles. The molecule has 1 N–H and O–H groups in total. The van der Waals surface area contributed by atoms with Crippen molar-refractivity contribution in [1.29, 1.82) is 0 Å².